The molecule has 3 heterocycles. The number of carbonyl (C=O) groups excluding carboxylic acids is 1. The van der Waals surface area contributed by atoms with Gasteiger partial charge in [0.2, 0.25) is 5.91 Å². The van der Waals surface area contributed by atoms with Crippen LogP contribution in [-0.2, 0) is 16.7 Å². The van der Waals surface area contributed by atoms with E-state index in [1.165, 1.54) is 16.6 Å². The molecule has 0 radical (unpaired) electrons. The minimum absolute atomic E-state index is 0.0267. The van der Waals surface area contributed by atoms with E-state index >= 15 is 0 Å². The second-order valence-corrected chi connectivity index (χ2v) is 12.0. The highest BCUT2D eigenvalue weighted by Gasteiger charge is 2.60. The molecule has 37 heavy (non-hydrogen) atoms. The zero-order valence-corrected chi connectivity index (χ0v) is 23.6. The topological polar surface area (TPSA) is 92.1 Å². The van der Waals surface area contributed by atoms with Gasteiger partial charge in [-0.05, 0) is 63.1 Å². The van der Waals surface area contributed by atoms with Gasteiger partial charge in [-0.3, -0.25) is 4.79 Å². The highest BCUT2D eigenvalue weighted by molar-refractivity contribution is 6.36. The fourth-order valence-corrected chi connectivity index (χ4v) is 6.41. The van der Waals surface area contributed by atoms with Crippen molar-refractivity contribution in [1.29, 1.82) is 0 Å². The van der Waals surface area contributed by atoms with E-state index in [0.717, 1.165) is 40.3 Å². The smallest absolute Gasteiger partial charge is 0.232 e. The predicted molar refractivity (Wildman–Crippen MR) is 158 cm³/mol. The maximum absolute atomic E-state index is 13.0. The van der Waals surface area contributed by atoms with Crippen molar-refractivity contribution in [2.45, 2.75) is 58.1 Å². The lowest BCUT2D eigenvalue weighted by molar-refractivity contribution is -0.126. The molecule has 7 nitrogen and oxygen atoms in total. The summed E-state index contributed by atoms with van der Waals surface area (Å²) in [5, 5.41) is 11.7. The lowest BCUT2D eigenvalue weighted by Crippen LogP contribution is -2.44. The van der Waals surface area contributed by atoms with Gasteiger partial charge in [-0.25, -0.2) is 9.97 Å². The molecule has 3 atom stereocenters. The lowest BCUT2D eigenvalue weighted by Gasteiger charge is -2.36. The average Bonchev–Trinajstić information content (AvgIpc) is 3.37. The van der Waals surface area contributed by atoms with Gasteiger partial charge >= 0.3 is 0 Å². The summed E-state index contributed by atoms with van der Waals surface area (Å²) >= 11 is 0. The van der Waals surface area contributed by atoms with E-state index in [-0.39, 0.29) is 22.9 Å². The van der Waals surface area contributed by atoms with E-state index in [1.807, 2.05) is 34.9 Å². The quantitative estimate of drug-likeness (QED) is 0.352. The molecule has 0 spiro atoms. The number of benzene rings is 2. The minimum atomic E-state index is -0.425. The monoisotopic (exact) mass is 496 g/mol. The van der Waals surface area contributed by atoms with Crippen LogP contribution in [0.15, 0.2) is 30.3 Å². The molecule has 0 aliphatic carbocycles. The number of aryl methyl sites for hydroxylation is 1. The zero-order chi connectivity index (χ0) is 26.9. The average molecular weight is 496 g/mol. The van der Waals surface area contributed by atoms with Gasteiger partial charge in [0.1, 0.15) is 27.3 Å². The van der Waals surface area contributed by atoms with E-state index in [9.17, 15) is 4.79 Å². The van der Waals surface area contributed by atoms with Crippen LogP contribution >= 0.6 is 0 Å². The normalized spacial score (nSPS) is 25.2. The SMILES string of the molecule is Bc1c([C@@H](C)Nc2nc(C)nc3cc4c(cc23)N(C)C(=O)C(C)(C)C4)cccc1C1(B)NC1(C)CNC. The third kappa shape index (κ3) is 4.03. The zero-order valence-electron chi connectivity index (χ0n) is 23.6. The number of hydrogen-bond donors (Lipinski definition) is 3. The van der Waals surface area contributed by atoms with Gasteiger partial charge in [0, 0.05) is 47.1 Å². The van der Waals surface area contributed by atoms with Crippen LogP contribution in [0.25, 0.3) is 10.9 Å². The van der Waals surface area contributed by atoms with Crippen molar-refractivity contribution in [3.05, 3.63) is 52.8 Å². The van der Waals surface area contributed by atoms with E-state index in [1.54, 1.807) is 4.90 Å². The molecular formula is C28H38B2N6O. The molecule has 0 saturated carbocycles. The van der Waals surface area contributed by atoms with Gasteiger partial charge in [-0.1, -0.05) is 37.5 Å². The third-order valence-corrected chi connectivity index (χ3v) is 8.72. The first-order valence-corrected chi connectivity index (χ1v) is 13.2. The molecular weight excluding hydrogens is 458 g/mol. The number of likely N-dealkylation sites (N-methyl/N-ethyl adjacent to an activating group) is 1. The van der Waals surface area contributed by atoms with Gasteiger partial charge < -0.3 is 20.9 Å². The van der Waals surface area contributed by atoms with Gasteiger partial charge in [0.15, 0.2) is 0 Å². The van der Waals surface area contributed by atoms with Gasteiger partial charge in [0.05, 0.1) is 5.52 Å². The summed E-state index contributed by atoms with van der Waals surface area (Å²) < 4.78 is 0. The van der Waals surface area contributed by atoms with Gasteiger partial charge in [-0.2, -0.15) is 0 Å². The Morgan fingerprint density at radius 2 is 1.95 bits per heavy atom. The molecule has 0 bridgehead atoms. The molecule has 2 aliphatic heterocycles. The largest absolute Gasteiger partial charge is 0.363 e. The van der Waals surface area contributed by atoms with Crippen LogP contribution < -0.4 is 26.3 Å². The van der Waals surface area contributed by atoms with Crippen molar-refractivity contribution >= 4 is 49.5 Å². The van der Waals surface area contributed by atoms with Crippen LogP contribution in [0.5, 0.6) is 0 Å². The first kappa shape index (κ1) is 25.7. The number of carbonyl (C=O) groups is 1. The summed E-state index contributed by atoms with van der Waals surface area (Å²) in [6, 6.07) is 10.8. The maximum atomic E-state index is 13.0. The van der Waals surface area contributed by atoms with Crippen LogP contribution in [0.3, 0.4) is 0 Å². The summed E-state index contributed by atoms with van der Waals surface area (Å²) in [7, 11) is 8.37. The van der Waals surface area contributed by atoms with Crippen LogP contribution in [0.4, 0.5) is 11.5 Å². The van der Waals surface area contributed by atoms with Crippen molar-refractivity contribution in [2.75, 3.05) is 30.9 Å². The molecule has 3 N–H and O–H groups in total. The fourth-order valence-electron chi connectivity index (χ4n) is 6.41. The fraction of sp³-hybridized carbons (Fsp3) is 0.464. The predicted octanol–water partition coefficient (Wildman–Crippen LogP) is 1.28. The summed E-state index contributed by atoms with van der Waals surface area (Å²) in [5.41, 5.74) is 6.39. The highest BCUT2D eigenvalue weighted by atomic mass is 16.2. The van der Waals surface area contributed by atoms with E-state index in [2.05, 4.69) is 75.8 Å². The lowest BCUT2D eigenvalue weighted by atomic mass is 9.66. The first-order valence-electron chi connectivity index (χ1n) is 13.2. The van der Waals surface area contributed by atoms with Crippen LogP contribution in [0, 0.1) is 12.3 Å². The first-order chi connectivity index (χ1) is 17.3. The number of rotatable bonds is 6. The maximum Gasteiger partial charge on any atom is 0.232 e. The molecule has 2 aliphatic rings. The molecule has 1 saturated heterocycles. The highest BCUT2D eigenvalue weighted by Crippen LogP contribution is 2.44. The van der Waals surface area contributed by atoms with Crippen molar-refractivity contribution < 1.29 is 4.79 Å². The Kier molecular flexibility index (Phi) is 5.96. The van der Waals surface area contributed by atoms with E-state index in [0.29, 0.717) is 6.42 Å². The molecule has 9 heteroatoms. The minimum Gasteiger partial charge on any atom is -0.363 e. The second-order valence-electron chi connectivity index (χ2n) is 12.0. The Morgan fingerprint density at radius 1 is 1.22 bits per heavy atom. The van der Waals surface area contributed by atoms with Crippen LogP contribution in [-0.4, -0.2) is 57.7 Å². The molecule has 1 aromatic heterocycles. The number of nitrogens with one attached hydrogen (secondary N) is 3. The van der Waals surface area contributed by atoms with Crippen molar-refractivity contribution in [3.8, 4) is 0 Å². The molecule has 2 unspecified atom stereocenters. The molecule has 192 valence electrons. The number of nitrogens with zero attached hydrogens (tertiary/aromatic N) is 3. The number of hydrogen-bond acceptors (Lipinski definition) is 6. The van der Waals surface area contributed by atoms with E-state index < -0.39 is 5.41 Å². The molecule has 3 aromatic rings. The summed E-state index contributed by atoms with van der Waals surface area (Å²) in [4.78, 5) is 24.3. The molecule has 1 amide bonds. The summed E-state index contributed by atoms with van der Waals surface area (Å²) in [5.74, 6) is 1.66. The number of fused-ring (bicyclic) bond motifs is 2. The number of aromatic nitrogens is 2. The standard InChI is InChI=1S/C28H38B2N6O/c1-15(18-9-8-10-20(23(18)29)28(30)27(5,35-28)14-31-6)32-24-19-12-22-17(11-21(19)33-16(2)34-24)13-26(3,4)25(37)36(22)7/h8-12,15,31,35H,13-14,29-30H2,1-7H3,(H,32,33,34)/t15-,27?,28?/m1/s1. The van der Waals surface area contributed by atoms with Crippen molar-refractivity contribution in [2.24, 2.45) is 5.41 Å². The molecule has 2 aromatic carbocycles. The summed E-state index contributed by atoms with van der Waals surface area (Å²) in [6.07, 6.45) is 0.703. The Morgan fingerprint density at radius 3 is 2.65 bits per heavy atom. The Bertz CT molecular complexity index is 1430. The van der Waals surface area contributed by atoms with Crippen LogP contribution in [0.1, 0.15) is 56.3 Å². The Balaban J connectivity index is 1.52. The Hall–Kier alpha value is -2.90. The van der Waals surface area contributed by atoms with Gasteiger partial charge in [0.25, 0.3) is 0 Å². The van der Waals surface area contributed by atoms with Gasteiger partial charge in [-0.15, -0.1) is 0 Å². The summed E-state index contributed by atoms with van der Waals surface area (Å²) in [6.45, 7) is 11.3. The Labute approximate surface area is 222 Å². The second kappa shape index (κ2) is 8.57. The molecule has 1 fully saturated rings. The molecule has 5 rings (SSSR count). The van der Waals surface area contributed by atoms with E-state index in [4.69, 9.17) is 9.97 Å². The third-order valence-electron chi connectivity index (χ3n) is 8.72. The van der Waals surface area contributed by atoms with Crippen molar-refractivity contribution in [3.63, 3.8) is 0 Å². The number of anilines is 2. The number of amides is 1. The van der Waals surface area contributed by atoms with Crippen LogP contribution in [0.2, 0.25) is 0 Å². The van der Waals surface area contributed by atoms with Crippen molar-refractivity contribution in [1.82, 2.24) is 20.6 Å².